The van der Waals surface area contributed by atoms with Gasteiger partial charge in [0, 0.05) is 11.7 Å². The summed E-state index contributed by atoms with van der Waals surface area (Å²) in [6.45, 7) is 2.86. The molecule has 1 aliphatic carbocycles. The first kappa shape index (κ1) is 14.4. The van der Waals surface area contributed by atoms with Crippen LogP contribution in [0, 0.1) is 6.92 Å². The van der Waals surface area contributed by atoms with Gasteiger partial charge in [0.2, 0.25) is 0 Å². The molecule has 1 fully saturated rings. The highest BCUT2D eigenvalue weighted by Crippen LogP contribution is 2.22. The summed E-state index contributed by atoms with van der Waals surface area (Å²) in [5, 5.41) is 13.7. The van der Waals surface area contributed by atoms with Gasteiger partial charge in [-0.05, 0) is 49.9 Å². The summed E-state index contributed by atoms with van der Waals surface area (Å²) in [4.78, 5) is 0. The first-order chi connectivity index (χ1) is 9.16. The third-order valence-electron chi connectivity index (χ3n) is 4.14. The maximum Gasteiger partial charge on any atom is 0.0802 e. The minimum Gasteiger partial charge on any atom is -0.399 e. The Hall–Kier alpha value is -1.06. The van der Waals surface area contributed by atoms with E-state index in [2.05, 4.69) is 5.32 Å². The second-order valence-corrected chi connectivity index (χ2v) is 5.71. The average Bonchev–Trinajstić information content (AvgIpc) is 2.43. The van der Waals surface area contributed by atoms with Gasteiger partial charge >= 0.3 is 0 Å². The molecule has 1 saturated carbocycles. The van der Waals surface area contributed by atoms with E-state index >= 15 is 0 Å². The molecule has 0 bridgehead atoms. The fraction of sp³-hybridized carbons (Fsp3) is 0.625. The maximum atomic E-state index is 10.2. The summed E-state index contributed by atoms with van der Waals surface area (Å²) in [5.74, 6) is 0. The predicted molar refractivity (Wildman–Crippen MR) is 80.0 cm³/mol. The van der Waals surface area contributed by atoms with Crippen molar-refractivity contribution in [2.45, 2.75) is 57.6 Å². The van der Waals surface area contributed by atoms with Crippen molar-refractivity contribution in [3.05, 3.63) is 29.3 Å². The zero-order chi connectivity index (χ0) is 13.7. The molecule has 4 N–H and O–H groups in total. The lowest BCUT2D eigenvalue weighted by molar-refractivity contribution is 0.164. The lowest BCUT2D eigenvalue weighted by Gasteiger charge is -2.23. The SMILES string of the molecule is Cc1ccc(C(O)CCNC2CCCCC2)cc1N. The van der Waals surface area contributed by atoms with Crippen LogP contribution in [0.3, 0.4) is 0 Å². The molecule has 0 aromatic heterocycles. The molecule has 0 saturated heterocycles. The van der Waals surface area contributed by atoms with Gasteiger partial charge < -0.3 is 16.2 Å². The monoisotopic (exact) mass is 262 g/mol. The molecule has 1 aromatic carbocycles. The Kier molecular flexibility index (Phi) is 5.23. The van der Waals surface area contributed by atoms with Crippen LogP contribution in [0.25, 0.3) is 0 Å². The van der Waals surface area contributed by atoms with Crippen LogP contribution in [-0.4, -0.2) is 17.7 Å². The van der Waals surface area contributed by atoms with Crippen molar-refractivity contribution in [3.8, 4) is 0 Å². The second-order valence-electron chi connectivity index (χ2n) is 5.71. The number of benzene rings is 1. The third-order valence-corrected chi connectivity index (χ3v) is 4.14. The zero-order valence-electron chi connectivity index (χ0n) is 11.9. The smallest absolute Gasteiger partial charge is 0.0802 e. The van der Waals surface area contributed by atoms with E-state index in [1.54, 1.807) is 0 Å². The van der Waals surface area contributed by atoms with E-state index in [-0.39, 0.29) is 0 Å². The number of aliphatic hydroxyl groups is 1. The van der Waals surface area contributed by atoms with E-state index in [4.69, 9.17) is 5.73 Å². The number of hydrogen-bond acceptors (Lipinski definition) is 3. The summed E-state index contributed by atoms with van der Waals surface area (Å²) >= 11 is 0. The molecule has 0 heterocycles. The Morgan fingerprint density at radius 1 is 1.32 bits per heavy atom. The number of hydrogen-bond donors (Lipinski definition) is 3. The van der Waals surface area contributed by atoms with Gasteiger partial charge in [0.15, 0.2) is 0 Å². The molecule has 19 heavy (non-hydrogen) atoms. The van der Waals surface area contributed by atoms with Gasteiger partial charge in [-0.25, -0.2) is 0 Å². The summed E-state index contributed by atoms with van der Waals surface area (Å²) in [7, 11) is 0. The highest BCUT2D eigenvalue weighted by atomic mass is 16.3. The van der Waals surface area contributed by atoms with Gasteiger partial charge in [-0.1, -0.05) is 31.4 Å². The van der Waals surface area contributed by atoms with E-state index in [1.165, 1.54) is 32.1 Å². The molecule has 3 nitrogen and oxygen atoms in total. The van der Waals surface area contributed by atoms with Crippen LogP contribution in [0.15, 0.2) is 18.2 Å². The van der Waals surface area contributed by atoms with Crippen molar-refractivity contribution in [1.29, 1.82) is 0 Å². The van der Waals surface area contributed by atoms with E-state index in [1.807, 2.05) is 25.1 Å². The number of aliphatic hydroxyl groups excluding tert-OH is 1. The number of anilines is 1. The Bertz CT molecular complexity index is 400. The second kappa shape index (κ2) is 6.92. The molecule has 1 atom stereocenters. The number of nitrogens with one attached hydrogen (secondary N) is 1. The highest BCUT2D eigenvalue weighted by molar-refractivity contribution is 5.48. The van der Waals surface area contributed by atoms with Gasteiger partial charge in [0.25, 0.3) is 0 Å². The standard InChI is InChI=1S/C16H26N2O/c1-12-7-8-13(11-15(12)17)16(19)9-10-18-14-5-3-2-4-6-14/h7-8,11,14,16,18-19H,2-6,9-10,17H2,1H3. The highest BCUT2D eigenvalue weighted by Gasteiger charge is 2.14. The molecular weight excluding hydrogens is 236 g/mol. The Balaban J connectivity index is 1.76. The Morgan fingerprint density at radius 2 is 2.05 bits per heavy atom. The van der Waals surface area contributed by atoms with Crippen molar-refractivity contribution in [1.82, 2.24) is 5.32 Å². The molecule has 0 spiro atoms. The van der Waals surface area contributed by atoms with Crippen LogP contribution in [0.5, 0.6) is 0 Å². The van der Waals surface area contributed by atoms with Crippen molar-refractivity contribution in [2.24, 2.45) is 0 Å². The average molecular weight is 262 g/mol. The van der Waals surface area contributed by atoms with E-state index in [0.29, 0.717) is 6.04 Å². The molecule has 2 rings (SSSR count). The van der Waals surface area contributed by atoms with E-state index in [0.717, 1.165) is 29.8 Å². The summed E-state index contributed by atoms with van der Waals surface area (Å²) in [5.41, 5.74) is 8.63. The third kappa shape index (κ3) is 4.22. The van der Waals surface area contributed by atoms with Crippen LogP contribution in [0.1, 0.15) is 55.8 Å². The van der Waals surface area contributed by atoms with Gasteiger partial charge in [-0.3, -0.25) is 0 Å². The molecule has 1 unspecified atom stereocenters. The maximum absolute atomic E-state index is 10.2. The first-order valence-corrected chi connectivity index (χ1v) is 7.44. The van der Waals surface area contributed by atoms with Crippen molar-refractivity contribution < 1.29 is 5.11 Å². The van der Waals surface area contributed by atoms with Crippen LogP contribution in [0.2, 0.25) is 0 Å². The molecule has 1 aliphatic rings. The lowest BCUT2D eigenvalue weighted by atomic mass is 9.95. The molecule has 0 aliphatic heterocycles. The largest absolute Gasteiger partial charge is 0.399 e. The predicted octanol–water partition coefficient (Wildman–Crippen LogP) is 2.92. The van der Waals surface area contributed by atoms with Crippen molar-refractivity contribution in [2.75, 3.05) is 12.3 Å². The minimum atomic E-state index is -0.418. The van der Waals surface area contributed by atoms with Crippen LogP contribution >= 0.6 is 0 Å². The van der Waals surface area contributed by atoms with Gasteiger partial charge in [-0.15, -0.1) is 0 Å². The molecule has 1 aromatic rings. The van der Waals surface area contributed by atoms with Gasteiger partial charge in [0.1, 0.15) is 0 Å². The van der Waals surface area contributed by atoms with E-state index < -0.39 is 6.10 Å². The zero-order valence-corrected chi connectivity index (χ0v) is 11.9. The quantitative estimate of drug-likeness (QED) is 0.715. The fourth-order valence-electron chi connectivity index (χ4n) is 2.76. The number of rotatable bonds is 5. The number of nitrogens with two attached hydrogens (primary N) is 1. The first-order valence-electron chi connectivity index (χ1n) is 7.44. The van der Waals surface area contributed by atoms with E-state index in [9.17, 15) is 5.11 Å². The minimum absolute atomic E-state index is 0.418. The number of aryl methyl sites for hydroxylation is 1. The van der Waals surface area contributed by atoms with Crippen LogP contribution in [-0.2, 0) is 0 Å². The van der Waals surface area contributed by atoms with Crippen LogP contribution in [0.4, 0.5) is 5.69 Å². The lowest BCUT2D eigenvalue weighted by Crippen LogP contribution is -2.32. The summed E-state index contributed by atoms with van der Waals surface area (Å²) in [6.07, 6.45) is 6.96. The summed E-state index contributed by atoms with van der Waals surface area (Å²) < 4.78 is 0. The van der Waals surface area contributed by atoms with Gasteiger partial charge in [0.05, 0.1) is 6.10 Å². The normalized spacial score (nSPS) is 18.4. The number of nitrogen functional groups attached to an aromatic ring is 1. The van der Waals surface area contributed by atoms with Gasteiger partial charge in [-0.2, -0.15) is 0 Å². The molecular formula is C16H26N2O. The fourth-order valence-corrected chi connectivity index (χ4v) is 2.76. The molecule has 0 radical (unpaired) electrons. The molecule has 0 amide bonds. The van der Waals surface area contributed by atoms with Crippen molar-refractivity contribution in [3.63, 3.8) is 0 Å². The Morgan fingerprint density at radius 3 is 2.74 bits per heavy atom. The molecule has 106 valence electrons. The van der Waals surface area contributed by atoms with Crippen molar-refractivity contribution >= 4 is 5.69 Å². The summed E-state index contributed by atoms with van der Waals surface area (Å²) in [6, 6.07) is 6.49. The molecule has 3 heteroatoms. The Labute approximate surface area is 116 Å². The topological polar surface area (TPSA) is 58.3 Å². The van der Waals surface area contributed by atoms with Crippen LogP contribution < -0.4 is 11.1 Å².